The van der Waals surface area contributed by atoms with Gasteiger partial charge in [0, 0.05) is 44.7 Å². The predicted molar refractivity (Wildman–Crippen MR) is 81.9 cm³/mol. The van der Waals surface area contributed by atoms with Crippen molar-refractivity contribution in [1.82, 2.24) is 0 Å². The van der Waals surface area contributed by atoms with Gasteiger partial charge in [-0.25, -0.2) is 8.42 Å². The molecule has 0 bridgehead atoms. The summed E-state index contributed by atoms with van der Waals surface area (Å²) in [6, 6.07) is 0. The van der Waals surface area contributed by atoms with Crippen LogP contribution in [0.5, 0.6) is 5.75 Å². The van der Waals surface area contributed by atoms with Crippen molar-refractivity contribution in [3.05, 3.63) is 34.4 Å². The zero-order chi connectivity index (χ0) is 14.6. The van der Waals surface area contributed by atoms with E-state index in [2.05, 4.69) is 4.72 Å². The van der Waals surface area contributed by atoms with Gasteiger partial charge in [-0.1, -0.05) is 0 Å². The van der Waals surface area contributed by atoms with Gasteiger partial charge in [-0.2, -0.15) is 7.05 Å². The molecule has 1 radical (unpaired) electrons. The SMILES string of the molecule is C[N-]S(=O)(=O)c1c(C)c(C)c2c(c1C)CC(C)(C)O2.[CH3-].[Y]. The fraction of sp³-hybridized carbons (Fsp3) is 0.533. The Morgan fingerprint density at radius 3 is 2.10 bits per heavy atom. The zero-order valence-electron chi connectivity index (χ0n) is 13.9. The predicted octanol–water partition coefficient (Wildman–Crippen LogP) is 3.47. The molecule has 0 saturated heterocycles. The van der Waals surface area contributed by atoms with E-state index >= 15 is 0 Å². The molecule has 1 aromatic rings. The first kappa shape index (κ1) is 21.0. The normalized spacial score (nSPS) is 15.5. The monoisotopic (exact) mass is 386 g/mol. The number of benzene rings is 1. The summed E-state index contributed by atoms with van der Waals surface area (Å²) in [6.45, 7) is 9.59. The van der Waals surface area contributed by atoms with E-state index in [0.29, 0.717) is 4.90 Å². The fourth-order valence-corrected chi connectivity index (χ4v) is 3.96. The molecule has 0 unspecified atom stereocenters. The smallest absolute Gasteiger partial charge is 0.126 e. The molecule has 1 heterocycles. The Morgan fingerprint density at radius 1 is 1.10 bits per heavy atom. The molecule has 0 spiro atoms. The number of ether oxygens (including phenoxy) is 1. The van der Waals surface area contributed by atoms with Crippen molar-refractivity contribution in [3.8, 4) is 5.75 Å². The quantitative estimate of drug-likeness (QED) is 0.732. The minimum Gasteiger partial charge on any atom is -0.547 e. The molecule has 21 heavy (non-hydrogen) atoms. The largest absolute Gasteiger partial charge is 0.547 e. The Balaban J connectivity index is 0.00000200. The molecule has 1 aliphatic rings. The van der Waals surface area contributed by atoms with Gasteiger partial charge in [0.1, 0.15) is 21.4 Å². The molecule has 1 aliphatic heterocycles. The Hall–Kier alpha value is 0.0339. The third-order valence-corrected chi connectivity index (χ3v) is 5.40. The molecular formula is C15H23NO3SY-2. The van der Waals surface area contributed by atoms with E-state index in [9.17, 15) is 8.42 Å². The number of sulfonamides is 1. The summed E-state index contributed by atoms with van der Waals surface area (Å²) < 4.78 is 33.8. The van der Waals surface area contributed by atoms with Crippen LogP contribution < -0.4 is 4.74 Å². The number of fused-ring (bicyclic) bond motifs is 1. The maximum atomic E-state index is 12.1. The second-order valence-corrected chi connectivity index (χ2v) is 7.43. The maximum absolute atomic E-state index is 12.1. The van der Waals surface area contributed by atoms with Gasteiger partial charge in [-0.05, 0) is 51.3 Å². The van der Waals surface area contributed by atoms with E-state index in [4.69, 9.17) is 4.74 Å². The van der Waals surface area contributed by atoms with Gasteiger partial charge in [0.05, 0.1) is 4.90 Å². The molecule has 0 saturated carbocycles. The van der Waals surface area contributed by atoms with Crippen LogP contribution >= 0.6 is 0 Å². The van der Waals surface area contributed by atoms with Crippen LogP contribution in [0.2, 0.25) is 0 Å². The van der Waals surface area contributed by atoms with Crippen molar-refractivity contribution < 1.29 is 45.9 Å². The van der Waals surface area contributed by atoms with E-state index in [-0.39, 0.29) is 45.7 Å². The van der Waals surface area contributed by atoms with Gasteiger partial charge < -0.3 is 16.9 Å². The van der Waals surface area contributed by atoms with Crippen LogP contribution in [0, 0.1) is 28.2 Å². The summed E-state index contributed by atoms with van der Waals surface area (Å²) in [4.78, 5) is 0.340. The molecule has 0 amide bonds. The van der Waals surface area contributed by atoms with Crippen LogP contribution in [0.25, 0.3) is 4.72 Å². The maximum Gasteiger partial charge on any atom is 0.126 e. The average molecular weight is 386 g/mol. The fourth-order valence-electron chi connectivity index (χ4n) is 2.72. The molecule has 0 aliphatic carbocycles. The van der Waals surface area contributed by atoms with Crippen LogP contribution in [0.1, 0.15) is 36.1 Å². The van der Waals surface area contributed by atoms with Gasteiger partial charge in [0.25, 0.3) is 0 Å². The summed E-state index contributed by atoms with van der Waals surface area (Å²) in [5, 5.41) is 0. The molecule has 2 rings (SSSR count). The molecule has 0 N–H and O–H groups in total. The van der Waals surface area contributed by atoms with Gasteiger partial charge in [-0.15, -0.1) is 0 Å². The summed E-state index contributed by atoms with van der Waals surface area (Å²) >= 11 is 0. The van der Waals surface area contributed by atoms with Crippen molar-refractivity contribution in [1.29, 1.82) is 0 Å². The van der Waals surface area contributed by atoms with Crippen LogP contribution in [0.4, 0.5) is 0 Å². The summed E-state index contributed by atoms with van der Waals surface area (Å²) in [5.41, 5.74) is 3.12. The van der Waals surface area contributed by atoms with Crippen molar-refractivity contribution in [2.24, 2.45) is 0 Å². The van der Waals surface area contributed by atoms with Gasteiger partial charge in [-0.3, -0.25) is 0 Å². The standard InChI is InChI=1S/C14H20NO3S.CH3.Y/c1-8-9(2)13(19(16,17)15-6)10(3)11-7-14(4,5)18-12(8)11;;/h7H2,1-6H3;1H3;/q2*-1;. The van der Waals surface area contributed by atoms with Crippen molar-refractivity contribution >= 4 is 10.0 Å². The van der Waals surface area contributed by atoms with E-state index in [0.717, 1.165) is 34.4 Å². The molecular weight excluding hydrogens is 363 g/mol. The number of hydrogen-bond acceptors (Lipinski definition) is 3. The first-order valence-electron chi connectivity index (χ1n) is 6.28. The first-order valence-corrected chi connectivity index (χ1v) is 7.72. The van der Waals surface area contributed by atoms with Crippen molar-refractivity contribution in [3.63, 3.8) is 0 Å². The van der Waals surface area contributed by atoms with Crippen LogP contribution in [-0.2, 0) is 49.2 Å². The molecule has 0 aromatic heterocycles. The van der Waals surface area contributed by atoms with Gasteiger partial charge in [0.15, 0.2) is 0 Å². The Morgan fingerprint density at radius 2 is 1.62 bits per heavy atom. The molecule has 0 atom stereocenters. The third kappa shape index (κ3) is 3.52. The Labute approximate surface area is 154 Å². The summed E-state index contributed by atoms with van der Waals surface area (Å²) in [5.74, 6) is 0.843. The second-order valence-electron chi connectivity index (χ2n) is 5.71. The molecule has 4 nitrogen and oxygen atoms in total. The second kappa shape index (κ2) is 6.65. The van der Waals surface area contributed by atoms with Gasteiger partial charge >= 0.3 is 0 Å². The molecule has 0 fully saturated rings. The van der Waals surface area contributed by atoms with E-state index in [1.165, 1.54) is 7.05 Å². The number of rotatable bonds is 2. The minimum absolute atomic E-state index is 0. The van der Waals surface area contributed by atoms with Crippen molar-refractivity contribution in [2.45, 2.75) is 51.5 Å². The number of nitrogens with zero attached hydrogens (tertiary/aromatic N) is 1. The summed E-state index contributed by atoms with van der Waals surface area (Å²) in [6.07, 6.45) is 0.724. The van der Waals surface area contributed by atoms with E-state index < -0.39 is 10.0 Å². The minimum atomic E-state index is -3.57. The van der Waals surface area contributed by atoms with Crippen LogP contribution in [-0.4, -0.2) is 21.1 Å². The van der Waals surface area contributed by atoms with Crippen LogP contribution in [0.3, 0.4) is 0 Å². The summed E-state index contributed by atoms with van der Waals surface area (Å²) in [7, 11) is -2.25. The van der Waals surface area contributed by atoms with Crippen molar-refractivity contribution in [2.75, 3.05) is 7.05 Å². The zero-order valence-corrected chi connectivity index (χ0v) is 17.5. The Bertz CT molecular complexity index is 652. The molecule has 117 valence electrons. The molecule has 6 heteroatoms. The molecule has 1 aromatic carbocycles. The van der Waals surface area contributed by atoms with E-state index in [1.54, 1.807) is 0 Å². The van der Waals surface area contributed by atoms with Gasteiger partial charge in [0.2, 0.25) is 0 Å². The number of hydrogen-bond donors (Lipinski definition) is 0. The average Bonchev–Trinajstić information content (AvgIpc) is 2.63. The third-order valence-electron chi connectivity index (χ3n) is 3.79. The van der Waals surface area contributed by atoms with E-state index in [1.807, 2.05) is 34.6 Å². The first-order chi connectivity index (χ1) is 8.60. The topological polar surface area (TPSA) is 57.5 Å². The van der Waals surface area contributed by atoms with Crippen LogP contribution in [0.15, 0.2) is 4.90 Å². The Kier molecular flexibility index (Phi) is 6.66.